The molecule has 0 unspecified atom stereocenters. The SMILES string of the molecule is CCC(=O)Oc1c(F)cccc1NC(=O)[C@H](Cc1ccc(N)cc1)NC(=O)CCl. The van der Waals surface area contributed by atoms with Gasteiger partial charge in [-0.3, -0.25) is 14.4 Å². The number of ether oxygens (including phenoxy) is 1. The Morgan fingerprint density at radius 2 is 1.86 bits per heavy atom. The maximum absolute atomic E-state index is 14.1. The Kier molecular flexibility index (Phi) is 7.97. The Labute approximate surface area is 172 Å². The van der Waals surface area contributed by atoms with Gasteiger partial charge in [0.2, 0.25) is 11.8 Å². The Balaban J connectivity index is 2.25. The summed E-state index contributed by atoms with van der Waals surface area (Å²) in [6.07, 6.45) is 0.182. The molecule has 0 fully saturated rings. The van der Waals surface area contributed by atoms with Crippen molar-refractivity contribution in [3.63, 3.8) is 0 Å². The van der Waals surface area contributed by atoms with E-state index in [1.165, 1.54) is 12.1 Å². The molecule has 0 radical (unpaired) electrons. The van der Waals surface area contributed by atoms with Gasteiger partial charge in [0.25, 0.3) is 0 Å². The predicted molar refractivity (Wildman–Crippen MR) is 108 cm³/mol. The molecule has 0 aliphatic carbocycles. The standard InChI is InChI=1S/C20H21ClFN3O4/c1-2-18(27)29-19-14(22)4-3-5-15(19)25-20(28)16(24-17(26)11-21)10-12-6-8-13(23)9-7-12/h3-9,16H,2,10-11,23H2,1H3,(H,24,26)(H,25,28)/t16-/m0/s1. The van der Waals surface area contributed by atoms with Gasteiger partial charge in [-0.1, -0.05) is 25.1 Å². The molecule has 0 bridgehead atoms. The van der Waals surface area contributed by atoms with E-state index in [0.29, 0.717) is 5.69 Å². The van der Waals surface area contributed by atoms with Gasteiger partial charge in [0.15, 0.2) is 11.6 Å². The number of rotatable bonds is 8. The van der Waals surface area contributed by atoms with E-state index in [1.54, 1.807) is 31.2 Å². The third-order valence-corrected chi connectivity index (χ3v) is 4.16. The molecule has 154 valence electrons. The van der Waals surface area contributed by atoms with E-state index in [2.05, 4.69) is 10.6 Å². The van der Waals surface area contributed by atoms with Crippen LogP contribution in [0, 0.1) is 5.82 Å². The lowest BCUT2D eigenvalue weighted by molar-refractivity contribution is -0.134. The molecule has 2 aromatic carbocycles. The molecular weight excluding hydrogens is 401 g/mol. The number of alkyl halides is 1. The van der Waals surface area contributed by atoms with Crippen molar-refractivity contribution in [2.24, 2.45) is 0 Å². The van der Waals surface area contributed by atoms with E-state index in [1.807, 2.05) is 0 Å². The van der Waals surface area contributed by atoms with Crippen molar-refractivity contribution in [2.75, 3.05) is 16.9 Å². The van der Waals surface area contributed by atoms with Gasteiger partial charge >= 0.3 is 5.97 Å². The fraction of sp³-hybridized carbons (Fsp3) is 0.250. The zero-order chi connectivity index (χ0) is 21.4. The number of hydrogen-bond donors (Lipinski definition) is 3. The van der Waals surface area contributed by atoms with Gasteiger partial charge in [-0.05, 0) is 29.8 Å². The molecule has 0 saturated carbocycles. The van der Waals surface area contributed by atoms with Crippen molar-refractivity contribution >= 4 is 40.8 Å². The molecule has 2 aromatic rings. The number of hydrogen-bond acceptors (Lipinski definition) is 5. The van der Waals surface area contributed by atoms with Gasteiger partial charge in [0, 0.05) is 18.5 Å². The van der Waals surface area contributed by atoms with Gasteiger partial charge < -0.3 is 21.1 Å². The Morgan fingerprint density at radius 1 is 1.17 bits per heavy atom. The number of carbonyl (C=O) groups excluding carboxylic acids is 3. The molecular formula is C20H21ClFN3O4. The molecule has 0 heterocycles. The first-order valence-corrected chi connectivity index (χ1v) is 9.37. The normalized spacial score (nSPS) is 11.4. The average Bonchev–Trinajstić information content (AvgIpc) is 2.71. The molecule has 9 heteroatoms. The van der Waals surface area contributed by atoms with Crippen LogP contribution in [-0.4, -0.2) is 29.7 Å². The summed E-state index contributed by atoms with van der Waals surface area (Å²) in [7, 11) is 0. The molecule has 2 amide bonds. The van der Waals surface area contributed by atoms with E-state index >= 15 is 0 Å². The van der Waals surface area contributed by atoms with E-state index < -0.39 is 29.6 Å². The summed E-state index contributed by atoms with van der Waals surface area (Å²) in [6.45, 7) is 1.56. The van der Waals surface area contributed by atoms with Crippen molar-refractivity contribution in [2.45, 2.75) is 25.8 Å². The summed E-state index contributed by atoms with van der Waals surface area (Å²) in [6, 6.07) is 9.64. The van der Waals surface area contributed by atoms with E-state index in [-0.39, 0.29) is 30.2 Å². The molecule has 7 nitrogen and oxygen atoms in total. The molecule has 0 spiro atoms. The number of benzene rings is 2. The van der Waals surface area contributed by atoms with E-state index in [9.17, 15) is 18.8 Å². The fourth-order valence-corrected chi connectivity index (χ4v) is 2.53. The van der Waals surface area contributed by atoms with Gasteiger partial charge in [-0.2, -0.15) is 0 Å². The first kappa shape index (κ1) is 22.2. The summed E-state index contributed by atoms with van der Waals surface area (Å²) in [4.78, 5) is 36.1. The minimum absolute atomic E-state index is 0.0285. The summed E-state index contributed by atoms with van der Waals surface area (Å²) in [5.41, 5.74) is 6.93. The third-order valence-electron chi connectivity index (χ3n) is 3.92. The van der Waals surface area contributed by atoms with Crippen LogP contribution in [0.3, 0.4) is 0 Å². The minimum Gasteiger partial charge on any atom is -0.421 e. The molecule has 0 saturated heterocycles. The maximum Gasteiger partial charge on any atom is 0.311 e. The number of nitrogens with one attached hydrogen (secondary N) is 2. The van der Waals surface area contributed by atoms with Crippen LogP contribution in [0.4, 0.5) is 15.8 Å². The monoisotopic (exact) mass is 421 g/mol. The highest BCUT2D eigenvalue weighted by Gasteiger charge is 2.23. The highest BCUT2D eigenvalue weighted by molar-refractivity contribution is 6.27. The Hall–Kier alpha value is -3.13. The number of anilines is 2. The van der Waals surface area contributed by atoms with Crippen molar-refractivity contribution in [1.82, 2.24) is 5.32 Å². The van der Waals surface area contributed by atoms with Crippen LogP contribution in [-0.2, 0) is 20.8 Å². The number of nitrogen functional groups attached to an aromatic ring is 1. The molecule has 0 aliphatic rings. The molecule has 4 N–H and O–H groups in total. The quantitative estimate of drug-likeness (QED) is 0.262. The second kappa shape index (κ2) is 10.4. The summed E-state index contributed by atoms with van der Waals surface area (Å²) in [5, 5.41) is 5.02. The van der Waals surface area contributed by atoms with E-state index in [0.717, 1.165) is 11.6 Å². The smallest absolute Gasteiger partial charge is 0.311 e. The van der Waals surface area contributed by atoms with Crippen LogP contribution in [0.2, 0.25) is 0 Å². The van der Waals surface area contributed by atoms with Crippen molar-refractivity contribution in [1.29, 1.82) is 0 Å². The van der Waals surface area contributed by atoms with Crippen molar-refractivity contribution in [3.05, 3.63) is 53.8 Å². The number of amides is 2. The highest BCUT2D eigenvalue weighted by Crippen LogP contribution is 2.28. The largest absolute Gasteiger partial charge is 0.421 e. The third kappa shape index (κ3) is 6.46. The zero-order valence-electron chi connectivity index (χ0n) is 15.7. The first-order chi connectivity index (χ1) is 13.8. The van der Waals surface area contributed by atoms with Gasteiger partial charge in [-0.15, -0.1) is 11.6 Å². The highest BCUT2D eigenvalue weighted by atomic mass is 35.5. The maximum atomic E-state index is 14.1. The van der Waals surface area contributed by atoms with Crippen LogP contribution in [0.1, 0.15) is 18.9 Å². The summed E-state index contributed by atoms with van der Waals surface area (Å²) in [5.74, 6) is -3.34. The average molecular weight is 422 g/mol. The topological polar surface area (TPSA) is 111 Å². The minimum atomic E-state index is -0.997. The van der Waals surface area contributed by atoms with Gasteiger partial charge in [0.05, 0.1) is 5.69 Å². The number of carbonyl (C=O) groups is 3. The second-order valence-electron chi connectivity index (χ2n) is 6.13. The van der Waals surface area contributed by atoms with Crippen molar-refractivity contribution < 1.29 is 23.5 Å². The van der Waals surface area contributed by atoms with Crippen LogP contribution in [0.25, 0.3) is 0 Å². The number of esters is 1. The lowest BCUT2D eigenvalue weighted by Crippen LogP contribution is -2.45. The van der Waals surface area contributed by atoms with Crippen LogP contribution >= 0.6 is 11.6 Å². The van der Waals surface area contributed by atoms with Crippen molar-refractivity contribution in [3.8, 4) is 5.75 Å². The number of para-hydroxylation sites is 1. The molecule has 1 atom stereocenters. The molecule has 0 aliphatic heterocycles. The predicted octanol–water partition coefficient (Wildman–Crippen LogP) is 2.63. The molecule has 2 rings (SSSR count). The number of halogens is 2. The lowest BCUT2D eigenvalue weighted by atomic mass is 10.0. The van der Waals surface area contributed by atoms with Gasteiger partial charge in [0.1, 0.15) is 11.9 Å². The zero-order valence-corrected chi connectivity index (χ0v) is 16.5. The van der Waals surface area contributed by atoms with Crippen LogP contribution < -0.4 is 21.1 Å². The van der Waals surface area contributed by atoms with Crippen LogP contribution in [0.5, 0.6) is 5.75 Å². The molecule has 0 aromatic heterocycles. The van der Waals surface area contributed by atoms with E-state index in [4.69, 9.17) is 22.1 Å². The molecule has 29 heavy (non-hydrogen) atoms. The first-order valence-electron chi connectivity index (χ1n) is 8.83. The fourth-order valence-electron chi connectivity index (χ4n) is 2.45. The van der Waals surface area contributed by atoms with Gasteiger partial charge in [-0.25, -0.2) is 4.39 Å². The second-order valence-corrected chi connectivity index (χ2v) is 6.40. The van der Waals surface area contributed by atoms with Crippen LogP contribution in [0.15, 0.2) is 42.5 Å². The number of nitrogens with two attached hydrogens (primary N) is 1. The summed E-state index contributed by atoms with van der Waals surface area (Å²) >= 11 is 5.54. The Morgan fingerprint density at radius 3 is 2.48 bits per heavy atom. The lowest BCUT2D eigenvalue weighted by Gasteiger charge is -2.19. The Bertz CT molecular complexity index is 890. The summed E-state index contributed by atoms with van der Waals surface area (Å²) < 4.78 is 19.1.